The number of ketones is 1. The fourth-order valence-electron chi connectivity index (χ4n) is 6.11. The quantitative estimate of drug-likeness (QED) is 0.304. The second-order valence-corrected chi connectivity index (χ2v) is 9.65. The van der Waals surface area contributed by atoms with Crippen LogP contribution in [0.5, 0.6) is 5.75 Å². The van der Waals surface area contributed by atoms with Crippen molar-refractivity contribution in [2.45, 2.75) is 24.6 Å². The number of anilines is 1. The molecule has 0 spiro atoms. The predicted octanol–water partition coefficient (Wildman–Crippen LogP) is 5.04. The number of imide groups is 1. The summed E-state index contributed by atoms with van der Waals surface area (Å²) in [5, 5.41) is 0. The van der Waals surface area contributed by atoms with Crippen LogP contribution in [0.3, 0.4) is 0 Å². The molecule has 6 heteroatoms. The standard InChI is InChI=1S/C28H22ClNO4/c1-3-34-22-13-12-16(15(2)31)14-21(22)30-26(32)24-23-17-8-4-6-10-19(17)28(29,25(24)27(30)33)20-11-7-5-9-18(20)23/h4-14,23-25H,3H2,1-2H3/t23?,24-,25-,28?/m0/s1. The van der Waals surface area contributed by atoms with Crippen LogP contribution in [0.15, 0.2) is 66.7 Å². The van der Waals surface area contributed by atoms with Crippen molar-refractivity contribution in [1.82, 2.24) is 0 Å². The molecule has 1 aliphatic heterocycles. The maximum atomic E-state index is 14.1. The number of nitrogens with zero attached hydrogens (tertiary/aromatic N) is 1. The van der Waals surface area contributed by atoms with Gasteiger partial charge in [-0.2, -0.15) is 0 Å². The van der Waals surface area contributed by atoms with Crippen molar-refractivity contribution < 1.29 is 19.1 Å². The molecule has 3 aromatic rings. The minimum absolute atomic E-state index is 0.158. The van der Waals surface area contributed by atoms with Gasteiger partial charge in [0.1, 0.15) is 10.6 Å². The van der Waals surface area contributed by atoms with Crippen LogP contribution in [0, 0.1) is 11.8 Å². The third kappa shape index (κ3) is 2.53. The Morgan fingerprint density at radius 1 is 0.971 bits per heavy atom. The molecule has 1 saturated heterocycles. The summed E-state index contributed by atoms with van der Waals surface area (Å²) in [6.07, 6.45) is 0. The lowest BCUT2D eigenvalue weighted by Gasteiger charge is -2.50. The molecule has 0 saturated carbocycles. The highest BCUT2D eigenvalue weighted by molar-refractivity contribution is 6.33. The van der Waals surface area contributed by atoms with Gasteiger partial charge in [-0.1, -0.05) is 48.5 Å². The summed E-state index contributed by atoms with van der Waals surface area (Å²) in [5.74, 6) is -2.10. The molecular formula is C28H22ClNO4. The van der Waals surface area contributed by atoms with Gasteiger partial charge < -0.3 is 4.74 Å². The number of benzene rings is 3. The zero-order valence-electron chi connectivity index (χ0n) is 18.7. The highest BCUT2D eigenvalue weighted by Gasteiger charge is 2.68. The molecule has 1 fully saturated rings. The van der Waals surface area contributed by atoms with Gasteiger partial charge in [-0.3, -0.25) is 14.4 Å². The SMILES string of the molecule is CCOc1ccc(C(C)=O)cc1N1C(=O)[C@@H]2[C@@H](C1=O)C1c3ccccc3C2(Cl)c2ccccc21. The van der Waals surface area contributed by atoms with E-state index in [9.17, 15) is 14.4 Å². The van der Waals surface area contributed by atoms with Crippen LogP contribution >= 0.6 is 11.6 Å². The van der Waals surface area contributed by atoms with Crippen LogP contribution in [-0.4, -0.2) is 24.2 Å². The molecule has 3 aromatic carbocycles. The smallest absolute Gasteiger partial charge is 0.240 e. The molecular weight excluding hydrogens is 450 g/mol. The van der Waals surface area contributed by atoms with Crippen LogP contribution in [0.4, 0.5) is 5.69 Å². The van der Waals surface area contributed by atoms with E-state index in [-0.39, 0.29) is 23.5 Å². The lowest BCUT2D eigenvalue weighted by atomic mass is 9.54. The third-order valence-corrected chi connectivity index (χ3v) is 8.06. The van der Waals surface area contributed by atoms with Crippen molar-refractivity contribution in [2.24, 2.45) is 11.8 Å². The molecule has 0 unspecified atom stereocenters. The van der Waals surface area contributed by atoms with Gasteiger partial charge in [-0.25, -0.2) is 4.90 Å². The van der Waals surface area contributed by atoms with E-state index in [1.54, 1.807) is 18.2 Å². The molecule has 2 bridgehead atoms. The zero-order chi connectivity index (χ0) is 23.8. The number of alkyl halides is 1. The molecule has 4 aliphatic rings. The van der Waals surface area contributed by atoms with Crippen LogP contribution in [0.25, 0.3) is 0 Å². The van der Waals surface area contributed by atoms with Gasteiger partial charge in [-0.15, -0.1) is 11.6 Å². The minimum Gasteiger partial charge on any atom is -0.492 e. The van der Waals surface area contributed by atoms with Gasteiger partial charge in [0.05, 0.1) is 24.1 Å². The lowest BCUT2D eigenvalue weighted by Crippen LogP contribution is -2.50. The molecule has 170 valence electrons. The van der Waals surface area contributed by atoms with Crippen LogP contribution in [0.2, 0.25) is 0 Å². The Balaban J connectivity index is 1.58. The zero-order valence-corrected chi connectivity index (χ0v) is 19.5. The number of carbonyl (C=O) groups excluding carboxylic acids is 3. The lowest BCUT2D eigenvalue weighted by molar-refractivity contribution is -0.122. The van der Waals surface area contributed by atoms with Gasteiger partial charge in [0.25, 0.3) is 0 Å². The van der Waals surface area contributed by atoms with Crippen molar-refractivity contribution in [2.75, 3.05) is 11.5 Å². The van der Waals surface area contributed by atoms with Gasteiger partial charge in [-0.05, 0) is 54.3 Å². The Hall–Kier alpha value is -3.44. The van der Waals surface area contributed by atoms with Crippen molar-refractivity contribution in [3.8, 4) is 5.75 Å². The molecule has 0 radical (unpaired) electrons. The highest BCUT2D eigenvalue weighted by atomic mass is 35.5. The number of hydrogen-bond acceptors (Lipinski definition) is 4. The van der Waals surface area contributed by atoms with Crippen molar-refractivity contribution >= 4 is 34.9 Å². The number of ether oxygens (including phenoxy) is 1. The Bertz CT molecular complexity index is 1350. The fraction of sp³-hybridized carbons (Fsp3) is 0.250. The first-order valence-corrected chi connectivity index (χ1v) is 11.8. The molecule has 0 aromatic heterocycles. The summed E-state index contributed by atoms with van der Waals surface area (Å²) in [6.45, 7) is 3.64. The summed E-state index contributed by atoms with van der Waals surface area (Å²) < 4.78 is 5.76. The topological polar surface area (TPSA) is 63.7 Å². The first-order valence-electron chi connectivity index (χ1n) is 11.4. The maximum absolute atomic E-state index is 14.1. The average molecular weight is 472 g/mol. The van der Waals surface area contributed by atoms with E-state index >= 15 is 0 Å². The summed E-state index contributed by atoms with van der Waals surface area (Å²) >= 11 is 7.47. The predicted molar refractivity (Wildman–Crippen MR) is 128 cm³/mol. The summed E-state index contributed by atoms with van der Waals surface area (Å²) in [6, 6.07) is 20.5. The van der Waals surface area contributed by atoms with E-state index in [0.29, 0.717) is 23.6 Å². The van der Waals surface area contributed by atoms with Crippen LogP contribution < -0.4 is 9.64 Å². The van der Waals surface area contributed by atoms with Crippen LogP contribution in [0.1, 0.15) is 52.4 Å². The number of Topliss-reactive ketones (excluding diaryl/α,β-unsaturated/α-hetero) is 1. The third-order valence-electron chi connectivity index (χ3n) is 7.42. The number of hydrogen-bond donors (Lipinski definition) is 0. The average Bonchev–Trinajstić information content (AvgIpc) is 3.11. The second kappa shape index (κ2) is 7.28. The Morgan fingerprint density at radius 2 is 1.59 bits per heavy atom. The molecule has 2 amide bonds. The van der Waals surface area contributed by atoms with Crippen LogP contribution in [-0.2, 0) is 14.5 Å². The molecule has 34 heavy (non-hydrogen) atoms. The number of halogens is 1. The molecule has 1 heterocycles. The number of carbonyl (C=O) groups is 3. The highest BCUT2D eigenvalue weighted by Crippen LogP contribution is 2.66. The molecule has 3 aliphatic carbocycles. The van der Waals surface area contributed by atoms with Gasteiger partial charge in [0.15, 0.2) is 5.78 Å². The van der Waals surface area contributed by atoms with Gasteiger partial charge in [0, 0.05) is 11.5 Å². The largest absolute Gasteiger partial charge is 0.492 e. The number of amides is 2. The summed E-state index contributed by atoms with van der Waals surface area (Å²) in [7, 11) is 0. The summed E-state index contributed by atoms with van der Waals surface area (Å²) in [4.78, 5) is 40.3. The molecule has 5 nitrogen and oxygen atoms in total. The molecule has 0 N–H and O–H groups in total. The normalized spacial score (nSPS) is 26.2. The van der Waals surface area contributed by atoms with E-state index in [4.69, 9.17) is 16.3 Å². The van der Waals surface area contributed by atoms with E-state index in [0.717, 1.165) is 22.3 Å². The maximum Gasteiger partial charge on any atom is 0.240 e. The monoisotopic (exact) mass is 471 g/mol. The van der Waals surface area contributed by atoms with Crippen molar-refractivity contribution in [1.29, 1.82) is 0 Å². The fourth-order valence-corrected chi connectivity index (χ4v) is 6.68. The molecule has 7 rings (SSSR count). The van der Waals surface area contributed by atoms with E-state index in [1.807, 2.05) is 55.5 Å². The Kier molecular flexibility index (Phi) is 4.52. The Labute approximate surface area is 202 Å². The van der Waals surface area contributed by atoms with Crippen molar-refractivity contribution in [3.05, 3.63) is 94.5 Å². The molecule has 2 atom stereocenters. The second-order valence-electron chi connectivity index (χ2n) is 9.05. The Morgan fingerprint density at radius 3 is 2.18 bits per heavy atom. The van der Waals surface area contributed by atoms with E-state index in [1.165, 1.54) is 11.8 Å². The summed E-state index contributed by atoms with van der Waals surface area (Å²) in [5.41, 5.74) is 4.45. The van der Waals surface area contributed by atoms with E-state index in [2.05, 4.69) is 0 Å². The van der Waals surface area contributed by atoms with Gasteiger partial charge in [0.2, 0.25) is 11.8 Å². The van der Waals surface area contributed by atoms with Gasteiger partial charge >= 0.3 is 0 Å². The first kappa shape index (κ1) is 21.1. The first-order chi connectivity index (χ1) is 16.4. The van der Waals surface area contributed by atoms with E-state index < -0.39 is 16.7 Å². The number of rotatable bonds is 4. The minimum atomic E-state index is -1.15. The van der Waals surface area contributed by atoms with Crippen molar-refractivity contribution in [3.63, 3.8) is 0 Å².